The molecule has 0 aliphatic carbocycles. The van der Waals surface area contributed by atoms with Crippen LogP contribution in [0.3, 0.4) is 0 Å². The SMILES string of the molecule is CCCN1C(=O)/C(=C\c2ccc(O)c(OC)c2)SC1=S. The highest BCUT2D eigenvalue weighted by Crippen LogP contribution is 2.34. The number of carbonyl (C=O) groups excluding carboxylic acids is 1. The molecule has 1 aliphatic heterocycles. The molecule has 0 spiro atoms. The summed E-state index contributed by atoms with van der Waals surface area (Å²) in [5, 5.41) is 9.56. The summed E-state index contributed by atoms with van der Waals surface area (Å²) >= 11 is 6.51. The molecule has 1 N–H and O–H groups in total. The van der Waals surface area contributed by atoms with Crippen molar-refractivity contribution < 1.29 is 14.6 Å². The number of methoxy groups -OCH3 is 1. The van der Waals surface area contributed by atoms with Crippen LogP contribution in [0.5, 0.6) is 11.5 Å². The van der Waals surface area contributed by atoms with Crippen LogP contribution >= 0.6 is 24.0 Å². The minimum atomic E-state index is -0.0612. The molecule has 0 saturated carbocycles. The van der Waals surface area contributed by atoms with Crippen LogP contribution < -0.4 is 4.74 Å². The number of benzene rings is 1. The Kier molecular flexibility index (Phi) is 4.67. The van der Waals surface area contributed by atoms with Gasteiger partial charge >= 0.3 is 0 Å². The number of aromatic hydroxyl groups is 1. The molecule has 0 unspecified atom stereocenters. The predicted molar refractivity (Wildman–Crippen MR) is 84.8 cm³/mol. The van der Waals surface area contributed by atoms with Crippen LogP contribution in [0.1, 0.15) is 18.9 Å². The number of thiocarbonyl (C=S) groups is 1. The van der Waals surface area contributed by atoms with E-state index in [4.69, 9.17) is 17.0 Å². The summed E-state index contributed by atoms with van der Waals surface area (Å²) in [5.74, 6) is 0.389. The second-order valence-corrected chi connectivity index (χ2v) is 5.94. The molecule has 1 heterocycles. The number of phenols is 1. The molecule has 0 bridgehead atoms. The number of phenolic OH excluding ortho intramolecular Hbond substituents is 1. The Balaban J connectivity index is 2.28. The van der Waals surface area contributed by atoms with E-state index in [-0.39, 0.29) is 11.7 Å². The number of rotatable bonds is 4. The van der Waals surface area contributed by atoms with Gasteiger partial charge in [-0.2, -0.15) is 0 Å². The van der Waals surface area contributed by atoms with E-state index in [2.05, 4.69) is 0 Å². The predicted octanol–water partition coefficient (Wildman–Crippen LogP) is 3.01. The Morgan fingerprint density at radius 2 is 2.25 bits per heavy atom. The first-order valence-corrected chi connectivity index (χ1v) is 7.41. The molecule has 1 saturated heterocycles. The van der Waals surface area contributed by atoms with Gasteiger partial charge in [-0.25, -0.2) is 0 Å². The topological polar surface area (TPSA) is 49.8 Å². The summed E-state index contributed by atoms with van der Waals surface area (Å²) in [5.41, 5.74) is 0.789. The first-order chi connectivity index (χ1) is 9.56. The number of carbonyl (C=O) groups is 1. The van der Waals surface area contributed by atoms with Crippen molar-refractivity contribution in [3.8, 4) is 11.5 Å². The van der Waals surface area contributed by atoms with E-state index in [1.807, 2.05) is 6.92 Å². The van der Waals surface area contributed by atoms with Crippen molar-refractivity contribution >= 4 is 40.3 Å². The highest BCUT2D eigenvalue weighted by atomic mass is 32.2. The lowest BCUT2D eigenvalue weighted by atomic mass is 10.2. The van der Waals surface area contributed by atoms with Gasteiger partial charge in [-0.1, -0.05) is 37.0 Å². The molecule has 1 aromatic carbocycles. The molecular formula is C14H15NO3S2. The normalized spacial score (nSPS) is 17.1. The Morgan fingerprint density at radius 3 is 2.90 bits per heavy atom. The molecule has 2 rings (SSSR count). The van der Waals surface area contributed by atoms with Gasteiger partial charge in [0, 0.05) is 6.54 Å². The number of nitrogens with zero attached hydrogens (tertiary/aromatic N) is 1. The maximum absolute atomic E-state index is 12.2. The summed E-state index contributed by atoms with van der Waals surface area (Å²) < 4.78 is 5.64. The lowest BCUT2D eigenvalue weighted by molar-refractivity contribution is -0.122. The van der Waals surface area contributed by atoms with Gasteiger partial charge < -0.3 is 9.84 Å². The maximum Gasteiger partial charge on any atom is 0.266 e. The monoisotopic (exact) mass is 309 g/mol. The smallest absolute Gasteiger partial charge is 0.266 e. The van der Waals surface area contributed by atoms with Crippen molar-refractivity contribution in [2.75, 3.05) is 13.7 Å². The molecule has 1 aliphatic rings. The van der Waals surface area contributed by atoms with E-state index < -0.39 is 0 Å². The summed E-state index contributed by atoms with van der Waals surface area (Å²) in [6, 6.07) is 4.95. The van der Waals surface area contributed by atoms with Crippen molar-refractivity contribution in [3.05, 3.63) is 28.7 Å². The summed E-state index contributed by atoms with van der Waals surface area (Å²) in [4.78, 5) is 14.4. The fourth-order valence-corrected chi connectivity index (χ4v) is 3.16. The van der Waals surface area contributed by atoms with E-state index in [0.717, 1.165) is 12.0 Å². The standard InChI is InChI=1S/C14H15NO3S2/c1-3-6-15-13(17)12(20-14(15)19)8-9-4-5-10(16)11(7-9)18-2/h4-5,7-8,16H,3,6H2,1-2H3/b12-8+. The Labute approximate surface area is 127 Å². The lowest BCUT2D eigenvalue weighted by Gasteiger charge is -2.11. The van der Waals surface area contributed by atoms with E-state index in [1.54, 1.807) is 23.1 Å². The second kappa shape index (κ2) is 6.28. The van der Waals surface area contributed by atoms with Crippen molar-refractivity contribution in [1.82, 2.24) is 4.90 Å². The van der Waals surface area contributed by atoms with E-state index in [9.17, 15) is 9.90 Å². The fraction of sp³-hybridized carbons (Fsp3) is 0.286. The van der Waals surface area contributed by atoms with Crippen LogP contribution in [0.25, 0.3) is 6.08 Å². The molecule has 20 heavy (non-hydrogen) atoms. The Morgan fingerprint density at radius 1 is 1.50 bits per heavy atom. The summed E-state index contributed by atoms with van der Waals surface area (Å²) in [6.45, 7) is 2.65. The third-order valence-corrected chi connectivity index (χ3v) is 4.20. The maximum atomic E-state index is 12.2. The van der Waals surface area contributed by atoms with Gasteiger partial charge in [-0.3, -0.25) is 9.69 Å². The summed E-state index contributed by atoms with van der Waals surface area (Å²) in [6.07, 6.45) is 2.63. The van der Waals surface area contributed by atoms with Crippen LogP contribution in [-0.4, -0.2) is 33.9 Å². The number of hydrogen-bond acceptors (Lipinski definition) is 5. The lowest BCUT2D eigenvalue weighted by Crippen LogP contribution is -2.28. The third-order valence-electron chi connectivity index (χ3n) is 2.82. The Bertz CT molecular complexity index is 584. The Hall–Kier alpha value is -1.53. The fourth-order valence-electron chi connectivity index (χ4n) is 1.85. The van der Waals surface area contributed by atoms with Gasteiger partial charge in [0.15, 0.2) is 11.5 Å². The zero-order valence-electron chi connectivity index (χ0n) is 11.3. The molecule has 106 valence electrons. The number of amides is 1. The van der Waals surface area contributed by atoms with Gasteiger partial charge in [0.2, 0.25) is 0 Å². The van der Waals surface area contributed by atoms with Crippen molar-refractivity contribution in [1.29, 1.82) is 0 Å². The second-order valence-electron chi connectivity index (χ2n) is 4.26. The van der Waals surface area contributed by atoms with E-state index >= 15 is 0 Å². The van der Waals surface area contributed by atoms with Crippen molar-refractivity contribution in [2.24, 2.45) is 0 Å². The first kappa shape index (κ1) is 14.9. The average molecular weight is 309 g/mol. The quantitative estimate of drug-likeness (QED) is 0.684. The molecule has 0 aromatic heterocycles. The van der Waals surface area contributed by atoms with Crippen molar-refractivity contribution in [2.45, 2.75) is 13.3 Å². The average Bonchev–Trinajstić information content (AvgIpc) is 2.69. The minimum absolute atomic E-state index is 0.0612. The highest BCUT2D eigenvalue weighted by molar-refractivity contribution is 8.26. The third kappa shape index (κ3) is 2.96. The van der Waals surface area contributed by atoms with Gasteiger partial charge in [0.25, 0.3) is 5.91 Å². The largest absolute Gasteiger partial charge is 0.504 e. The zero-order chi connectivity index (χ0) is 14.7. The van der Waals surface area contributed by atoms with Gasteiger partial charge in [-0.05, 0) is 30.2 Å². The number of thioether (sulfide) groups is 1. The van der Waals surface area contributed by atoms with E-state index in [0.29, 0.717) is 21.5 Å². The molecule has 6 heteroatoms. The molecule has 0 atom stereocenters. The number of ether oxygens (including phenoxy) is 1. The summed E-state index contributed by atoms with van der Waals surface area (Å²) in [7, 11) is 1.49. The van der Waals surface area contributed by atoms with Crippen LogP contribution in [0, 0.1) is 0 Å². The highest BCUT2D eigenvalue weighted by Gasteiger charge is 2.31. The zero-order valence-corrected chi connectivity index (χ0v) is 12.9. The van der Waals surface area contributed by atoms with Gasteiger partial charge in [0.05, 0.1) is 12.0 Å². The van der Waals surface area contributed by atoms with Crippen LogP contribution in [-0.2, 0) is 4.79 Å². The first-order valence-electron chi connectivity index (χ1n) is 6.19. The van der Waals surface area contributed by atoms with Crippen LogP contribution in [0.15, 0.2) is 23.1 Å². The molecular weight excluding hydrogens is 294 g/mol. The van der Waals surface area contributed by atoms with Gasteiger partial charge in [0.1, 0.15) is 4.32 Å². The molecule has 4 nitrogen and oxygen atoms in total. The molecule has 1 amide bonds. The van der Waals surface area contributed by atoms with E-state index in [1.165, 1.54) is 24.9 Å². The molecule has 1 aromatic rings. The van der Waals surface area contributed by atoms with Crippen molar-refractivity contribution in [3.63, 3.8) is 0 Å². The minimum Gasteiger partial charge on any atom is -0.504 e. The molecule has 0 radical (unpaired) electrons. The molecule has 1 fully saturated rings. The van der Waals surface area contributed by atoms with Crippen LogP contribution in [0.2, 0.25) is 0 Å². The van der Waals surface area contributed by atoms with Crippen LogP contribution in [0.4, 0.5) is 0 Å². The number of hydrogen-bond donors (Lipinski definition) is 1. The van der Waals surface area contributed by atoms with Gasteiger partial charge in [-0.15, -0.1) is 0 Å².